The summed E-state index contributed by atoms with van der Waals surface area (Å²) in [6.07, 6.45) is 11.5. The van der Waals surface area contributed by atoms with E-state index >= 15 is 0 Å². The number of hydrogen-bond acceptors (Lipinski definition) is 4. The Morgan fingerprint density at radius 2 is 1.25 bits per heavy atom. The second-order valence-corrected chi connectivity index (χ2v) is 4.85. The van der Waals surface area contributed by atoms with E-state index in [9.17, 15) is 8.78 Å². The fourth-order valence-corrected chi connectivity index (χ4v) is 1.99. The maximum Gasteiger partial charge on any atom is 0.205 e. The first kappa shape index (κ1) is 17.2. The molecule has 0 unspecified atom stereocenters. The van der Waals surface area contributed by atoms with Crippen molar-refractivity contribution in [2.75, 3.05) is 0 Å². The summed E-state index contributed by atoms with van der Waals surface area (Å²) in [4.78, 5) is 0. The molecule has 0 amide bonds. The summed E-state index contributed by atoms with van der Waals surface area (Å²) in [6.45, 7) is 0.873. The molecule has 24 heavy (non-hydrogen) atoms. The van der Waals surface area contributed by atoms with Crippen molar-refractivity contribution >= 4 is 12.4 Å². The molecule has 6 nitrogen and oxygen atoms in total. The molecule has 2 aromatic rings. The SMILES string of the molecule is O/N=C/c1cc[n+](C/C=C/C[n+]2ccc(/C=N/O)c(F)c2)cc1F. The summed E-state index contributed by atoms with van der Waals surface area (Å²) < 4.78 is 30.5. The average Bonchev–Trinajstić information content (AvgIpc) is 2.56. The Balaban J connectivity index is 1.95. The lowest BCUT2D eigenvalue weighted by molar-refractivity contribution is -0.692. The molecule has 0 saturated carbocycles. The van der Waals surface area contributed by atoms with Crippen LogP contribution in [0, 0.1) is 11.6 Å². The van der Waals surface area contributed by atoms with Crippen LogP contribution in [0.5, 0.6) is 0 Å². The molecular formula is C16H16F2N4O2+2. The number of hydrogen-bond donors (Lipinski definition) is 2. The van der Waals surface area contributed by atoms with E-state index in [2.05, 4.69) is 10.3 Å². The number of rotatable bonds is 6. The van der Waals surface area contributed by atoms with E-state index in [0.717, 1.165) is 12.4 Å². The van der Waals surface area contributed by atoms with E-state index in [0.29, 0.717) is 13.1 Å². The fourth-order valence-electron chi connectivity index (χ4n) is 1.99. The third-order valence-electron chi connectivity index (χ3n) is 3.19. The smallest absolute Gasteiger partial charge is 0.205 e. The highest BCUT2D eigenvalue weighted by Gasteiger charge is 2.08. The summed E-state index contributed by atoms with van der Waals surface area (Å²) in [5, 5.41) is 22.4. The topological polar surface area (TPSA) is 72.9 Å². The van der Waals surface area contributed by atoms with E-state index in [1.807, 2.05) is 12.2 Å². The van der Waals surface area contributed by atoms with Crippen molar-refractivity contribution in [3.63, 3.8) is 0 Å². The molecule has 2 heterocycles. The van der Waals surface area contributed by atoms with Crippen molar-refractivity contribution in [2.45, 2.75) is 13.1 Å². The van der Waals surface area contributed by atoms with Crippen LogP contribution < -0.4 is 9.13 Å². The number of aromatic nitrogens is 2. The van der Waals surface area contributed by atoms with Gasteiger partial charge in [0.1, 0.15) is 0 Å². The van der Waals surface area contributed by atoms with Gasteiger partial charge in [-0.15, -0.1) is 0 Å². The van der Waals surface area contributed by atoms with Gasteiger partial charge in [0.25, 0.3) is 0 Å². The number of allylic oxidation sites excluding steroid dienone is 2. The van der Waals surface area contributed by atoms with Crippen molar-refractivity contribution in [2.24, 2.45) is 10.3 Å². The van der Waals surface area contributed by atoms with E-state index in [-0.39, 0.29) is 11.1 Å². The minimum atomic E-state index is -0.499. The second-order valence-electron chi connectivity index (χ2n) is 4.85. The Morgan fingerprint density at radius 1 is 0.833 bits per heavy atom. The molecule has 2 N–H and O–H groups in total. The van der Waals surface area contributed by atoms with Crippen molar-refractivity contribution in [1.82, 2.24) is 0 Å². The highest BCUT2D eigenvalue weighted by Crippen LogP contribution is 2.01. The third-order valence-corrected chi connectivity index (χ3v) is 3.19. The zero-order valence-electron chi connectivity index (χ0n) is 12.6. The van der Waals surface area contributed by atoms with Gasteiger partial charge >= 0.3 is 0 Å². The molecular weight excluding hydrogens is 318 g/mol. The molecule has 2 rings (SSSR count). The monoisotopic (exact) mass is 334 g/mol. The molecule has 8 heteroatoms. The quantitative estimate of drug-likeness (QED) is 0.276. The van der Waals surface area contributed by atoms with Gasteiger partial charge in [-0.25, -0.2) is 0 Å². The van der Waals surface area contributed by atoms with E-state index < -0.39 is 11.6 Å². The molecule has 0 aliphatic carbocycles. The van der Waals surface area contributed by atoms with E-state index in [1.165, 1.54) is 24.5 Å². The van der Waals surface area contributed by atoms with Crippen LogP contribution in [0.25, 0.3) is 0 Å². The van der Waals surface area contributed by atoms with Gasteiger partial charge in [0.2, 0.25) is 12.4 Å². The van der Waals surface area contributed by atoms with Crippen molar-refractivity contribution in [1.29, 1.82) is 0 Å². The van der Waals surface area contributed by atoms with E-state index in [1.54, 1.807) is 21.5 Å². The van der Waals surface area contributed by atoms with Gasteiger partial charge in [-0.2, -0.15) is 17.9 Å². The van der Waals surface area contributed by atoms with Crippen LogP contribution in [0.4, 0.5) is 8.78 Å². The summed E-state index contributed by atoms with van der Waals surface area (Å²) in [6, 6.07) is 2.99. The van der Waals surface area contributed by atoms with Gasteiger partial charge in [0.05, 0.1) is 12.4 Å². The van der Waals surface area contributed by atoms with Crippen LogP contribution in [0.15, 0.2) is 59.4 Å². The van der Waals surface area contributed by atoms with Crippen LogP contribution in [0.1, 0.15) is 11.1 Å². The van der Waals surface area contributed by atoms with Gasteiger partial charge in [0.15, 0.2) is 37.1 Å². The number of pyridine rings is 2. The fraction of sp³-hybridized carbons (Fsp3) is 0.125. The molecule has 0 spiro atoms. The zero-order chi connectivity index (χ0) is 17.4. The number of halogens is 2. The molecule has 0 aliphatic heterocycles. The largest absolute Gasteiger partial charge is 0.411 e. The van der Waals surface area contributed by atoms with Crippen LogP contribution in [0.3, 0.4) is 0 Å². The van der Waals surface area contributed by atoms with Crippen LogP contribution in [-0.4, -0.2) is 22.8 Å². The normalized spacial score (nSPS) is 11.9. The molecule has 0 aliphatic rings. The molecule has 0 atom stereocenters. The van der Waals surface area contributed by atoms with Gasteiger partial charge in [-0.05, 0) is 12.2 Å². The summed E-state index contributed by atoms with van der Waals surface area (Å²) in [5.74, 6) is -0.998. The predicted molar refractivity (Wildman–Crippen MR) is 81.1 cm³/mol. The lowest BCUT2D eigenvalue weighted by Gasteiger charge is -1.96. The standard InChI is InChI=1S/C16H14F2N4O2/c17-15-11-21(7-3-13(15)9-19-23)5-1-2-6-22-8-4-14(10-20-24)16(18)12-22/h1-4,7-12H,5-6H2/p+2/b2-1+. The van der Waals surface area contributed by atoms with E-state index in [4.69, 9.17) is 10.4 Å². The first-order chi connectivity index (χ1) is 11.6. The predicted octanol–water partition coefficient (Wildman–Crippen LogP) is 1.41. The zero-order valence-corrected chi connectivity index (χ0v) is 12.6. The number of nitrogens with zero attached hydrogens (tertiary/aromatic N) is 4. The lowest BCUT2D eigenvalue weighted by Crippen LogP contribution is -2.34. The molecule has 0 aromatic carbocycles. The summed E-state index contributed by atoms with van der Waals surface area (Å²) in [5.41, 5.74) is 0.380. The molecule has 0 bridgehead atoms. The van der Waals surface area contributed by atoms with Crippen LogP contribution in [-0.2, 0) is 13.1 Å². The third kappa shape index (κ3) is 4.67. The van der Waals surface area contributed by atoms with Gasteiger partial charge < -0.3 is 10.4 Å². The van der Waals surface area contributed by atoms with Crippen LogP contribution >= 0.6 is 0 Å². The molecule has 124 valence electrons. The van der Waals surface area contributed by atoms with Crippen molar-refractivity contribution in [3.05, 3.63) is 71.8 Å². The highest BCUT2D eigenvalue weighted by molar-refractivity contribution is 5.79. The summed E-state index contributed by atoms with van der Waals surface area (Å²) >= 11 is 0. The van der Waals surface area contributed by atoms with Gasteiger partial charge in [-0.1, -0.05) is 10.3 Å². The Labute approximate surface area is 136 Å². The minimum Gasteiger partial charge on any atom is -0.411 e. The average molecular weight is 334 g/mol. The van der Waals surface area contributed by atoms with Gasteiger partial charge in [-0.3, -0.25) is 0 Å². The van der Waals surface area contributed by atoms with Gasteiger partial charge in [0, 0.05) is 23.3 Å². The number of oxime groups is 2. The Kier molecular flexibility index (Phi) is 6.07. The molecule has 0 saturated heterocycles. The Bertz CT molecular complexity index is 726. The first-order valence-electron chi connectivity index (χ1n) is 7.01. The van der Waals surface area contributed by atoms with Crippen molar-refractivity contribution < 1.29 is 28.3 Å². The second kappa shape index (κ2) is 8.47. The Hall–Kier alpha value is -3.16. The van der Waals surface area contributed by atoms with Crippen molar-refractivity contribution in [3.8, 4) is 0 Å². The maximum atomic E-state index is 13.6. The molecule has 0 radical (unpaired) electrons. The highest BCUT2D eigenvalue weighted by atomic mass is 19.1. The maximum absolute atomic E-state index is 13.6. The molecule has 2 aromatic heterocycles. The lowest BCUT2D eigenvalue weighted by atomic mass is 10.2. The minimum absolute atomic E-state index is 0.190. The Morgan fingerprint density at radius 3 is 1.58 bits per heavy atom. The summed E-state index contributed by atoms with van der Waals surface area (Å²) in [7, 11) is 0. The molecule has 0 fully saturated rings. The van der Waals surface area contributed by atoms with Crippen LogP contribution in [0.2, 0.25) is 0 Å². The first-order valence-corrected chi connectivity index (χ1v) is 7.01.